The number of rotatable bonds is 2. The maximum Gasteiger partial charge on any atom is 0.144 e. The van der Waals surface area contributed by atoms with E-state index in [2.05, 4.69) is 21.4 Å². The topological polar surface area (TPSA) is 61.6 Å². The second kappa shape index (κ2) is 4.41. The van der Waals surface area contributed by atoms with Gasteiger partial charge in [0.25, 0.3) is 0 Å². The third-order valence-corrected chi connectivity index (χ3v) is 2.21. The van der Waals surface area contributed by atoms with E-state index >= 15 is 0 Å². The van der Waals surface area contributed by atoms with Crippen LogP contribution in [0.2, 0.25) is 0 Å². The second-order valence-electron chi connectivity index (χ2n) is 3.20. The van der Waals surface area contributed by atoms with Crippen LogP contribution in [0.3, 0.4) is 0 Å². The maximum atomic E-state index is 8.87. The zero-order valence-corrected chi connectivity index (χ0v) is 8.81. The zero-order valence-electron chi connectivity index (χ0n) is 8.81. The van der Waals surface area contributed by atoms with E-state index in [1.807, 2.05) is 18.2 Å². The predicted octanol–water partition coefficient (Wildman–Crippen LogP) is 2.06. The van der Waals surface area contributed by atoms with Crippen molar-refractivity contribution < 1.29 is 0 Å². The van der Waals surface area contributed by atoms with Crippen molar-refractivity contribution in [2.75, 3.05) is 12.4 Å². The first-order chi connectivity index (χ1) is 7.85. The Labute approximate surface area is 93.6 Å². The summed E-state index contributed by atoms with van der Waals surface area (Å²) in [6.07, 6.45) is 3.46. The normalized spacial score (nSPS) is 9.50. The molecule has 0 aliphatic rings. The Bertz CT molecular complexity index is 528. The van der Waals surface area contributed by atoms with E-state index in [4.69, 9.17) is 5.26 Å². The minimum Gasteiger partial charge on any atom is -0.372 e. The Morgan fingerprint density at radius 3 is 2.81 bits per heavy atom. The minimum atomic E-state index is 0.537. The van der Waals surface area contributed by atoms with E-state index in [1.165, 1.54) is 0 Å². The molecular formula is C12H10N4. The van der Waals surface area contributed by atoms with Crippen LogP contribution >= 0.6 is 0 Å². The van der Waals surface area contributed by atoms with Crippen molar-refractivity contribution in [2.24, 2.45) is 0 Å². The van der Waals surface area contributed by atoms with E-state index in [0.717, 1.165) is 11.3 Å². The summed E-state index contributed by atoms with van der Waals surface area (Å²) in [5.74, 6) is 0.587. The van der Waals surface area contributed by atoms with Gasteiger partial charge in [-0.05, 0) is 24.3 Å². The molecule has 0 aliphatic carbocycles. The summed E-state index contributed by atoms with van der Waals surface area (Å²) in [4.78, 5) is 8.39. The molecule has 0 aromatic carbocycles. The van der Waals surface area contributed by atoms with Gasteiger partial charge in [-0.3, -0.25) is 4.98 Å². The average molecular weight is 210 g/mol. The summed E-state index contributed by atoms with van der Waals surface area (Å²) in [5.41, 5.74) is 2.27. The van der Waals surface area contributed by atoms with Gasteiger partial charge in [-0.2, -0.15) is 5.26 Å². The van der Waals surface area contributed by atoms with Gasteiger partial charge in [0, 0.05) is 25.0 Å². The molecule has 0 bridgehead atoms. The first-order valence-electron chi connectivity index (χ1n) is 4.84. The molecule has 0 atom stereocenters. The van der Waals surface area contributed by atoms with Gasteiger partial charge in [0.2, 0.25) is 0 Å². The largest absolute Gasteiger partial charge is 0.372 e. The van der Waals surface area contributed by atoms with Crippen LogP contribution in [0.15, 0.2) is 36.7 Å². The van der Waals surface area contributed by atoms with E-state index in [0.29, 0.717) is 11.4 Å². The van der Waals surface area contributed by atoms with Gasteiger partial charge in [-0.15, -0.1) is 0 Å². The lowest BCUT2D eigenvalue weighted by Gasteiger charge is -2.05. The highest BCUT2D eigenvalue weighted by Gasteiger charge is 2.05. The van der Waals surface area contributed by atoms with Gasteiger partial charge in [0.1, 0.15) is 11.9 Å². The number of nitrogens with zero attached hydrogens (tertiary/aromatic N) is 3. The van der Waals surface area contributed by atoms with Gasteiger partial charge in [0.05, 0.1) is 11.3 Å². The fourth-order valence-corrected chi connectivity index (χ4v) is 1.41. The van der Waals surface area contributed by atoms with Crippen molar-refractivity contribution in [1.82, 2.24) is 9.97 Å². The van der Waals surface area contributed by atoms with E-state index < -0.39 is 0 Å². The van der Waals surface area contributed by atoms with Crippen molar-refractivity contribution in [3.63, 3.8) is 0 Å². The van der Waals surface area contributed by atoms with Crippen LogP contribution in [0.1, 0.15) is 5.56 Å². The first kappa shape index (κ1) is 10.1. The lowest BCUT2D eigenvalue weighted by molar-refractivity contribution is 1.25. The fraction of sp³-hybridized carbons (Fsp3) is 0.0833. The number of hydrogen-bond donors (Lipinski definition) is 1. The van der Waals surface area contributed by atoms with Crippen molar-refractivity contribution in [3.05, 3.63) is 42.2 Å². The molecular weight excluding hydrogens is 200 g/mol. The number of aromatic nitrogens is 2. The summed E-state index contributed by atoms with van der Waals surface area (Å²) in [6, 6.07) is 9.44. The molecule has 0 saturated heterocycles. The number of nitriles is 1. The van der Waals surface area contributed by atoms with Crippen LogP contribution < -0.4 is 5.32 Å². The third-order valence-electron chi connectivity index (χ3n) is 2.21. The van der Waals surface area contributed by atoms with Gasteiger partial charge >= 0.3 is 0 Å². The highest BCUT2D eigenvalue weighted by molar-refractivity contribution is 5.63. The maximum absolute atomic E-state index is 8.87. The number of anilines is 1. The molecule has 0 aliphatic heterocycles. The molecule has 0 amide bonds. The fourth-order valence-electron chi connectivity index (χ4n) is 1.41. The van der Waals surface area contributed by atoms with Crippen molar-refractivity contribution in [2.45, 2.75) is 0 Å². The van der Waals surface area contributed by atoms with Gasteiger partial charge in [0.15, 0.2) is 0 Å². The molecule has 2 aromatic heterocycles. The summed E-state index contributed by atoms with van der Waals surface area (Å²) >= 11 is 0. The van der Waals surface area contributed by atoms with Gasteiger partial charge in [-0.1, -0.05) is 0 Å². The van der Waals surface area contributed by atoms with Crippen molar-refractivity contribution in [3.8, 4) is 17.3 Å². The highest BCUT2D eigenvalue weighted by Crippen LogP contribution is 2.20. The van der Waals surface area contributed by atoms with Crippen LogP contribution in [-0.4, -0.2) is 17.0 Å². The average Bonchev–Trinajstić information content (AvgIpc) is 2.39. The number of pyridine rings is 2. The third kappa shape index (κ3) is 1.84. The molecule has 1 N–H and O–H groups in total. The molecule has 0 fully saturated rings. The Kier molecular flexibility index (Phi) is 2.79. The summed E-state index contributed by atoms with van der Waals surface area (Å²) in [5, 5.41) is 11.8. The Morgan fingerprint density at radius 2 is 2.19 bits per heavy atom. The van der Waals surface area contributed by atoms with Crippen molar-refractivity contribution in [1.29, 1.82) is 5.26 Å². The lowest BCUT2D eigenvalue weighted by Crippen LogP contribution is -1.97. The Morgan fingerprint density at radius 1 is 1.31 bits per heavy atom. The summed E-state index contributed by atoms with van der Waals surface area (Å²) in [7, 11) is 1.75. The Hall–Kier alpha value is -2.41. The molecule has 4 heteroatoms. The molecule has 2 rings (SSSR count). The molecule has 16 heavy (non-hydrogen) atoms. The predicted molar refractivity (Wildman–Crippen MR) is 61.7 cm³/mol. The molecule has 0 saturated carbocycles. The quantitative estimate of drug-likeness (QED) is 0.824. The summed E-state index contributed by atoms with van der Waals surface area (Å²) in [6.45, 7) is 0. The monoisotopic (exact) mass is 210 g/mol. The zero-order chi connectivity index (χ0) is 11.4. The SMILES string of the molecule is CNc1nc(-c2cccnc2)ccc1C#N. The summed E-state index contributed by atoms with van der Waals surface area (Å²) < 4.78 is 0. The molecule has 2 aromatic rings. The minimum absolute atomic E-state index is 0.537. The molecule has 4 nitrogen and oxygen atoms in total. The van der Waals surface area contributed by atoms with Crippen LogP contribution in [0.4, 0.5) is 5.82 Å². The first-order valence-corrected chi connectivity index (χ1v) is 4.84. The molecule has 2 heterocycles. The number of nitrogens with one attached hydrogen (secondary N) is 1. The van der Waals surface area contributed by atoms with Gasteiger partial charge in [-0.25, -0.2) is 4.98 Å². The molecule has 0 spiro atoms. The molecule has 0 radical (unpaired) electrons. The number of hydrogen-bond acceptors (Lipinski definition) is 4. The molecule has 78 valence electrons. The van der Waals surface area contributed by atoms with E-state index in [9.17, 15) is 0 Å². The van der Waals surface area contributed by atoms with Crippen molar-refractivity contribution >= 4 is 5.82 Å². The van der Waals surface area contributed by atoms with Gasteiger partial charge < -0.3 is 5.32 Å². The van der Waals surface area contributed by atoms with E-state index in [-0.39, 0.29) is 0 Å². The van der Waals surface area contributed by atoms with Crippen LogP contribution in [0.25, 0.3) is 11.3 Å². The second-order valence-corrected chi connectivity index (χ2v) is 3.20. The van der Waals surface area contributed by atoms with Crippen LogP contribution in [-0.2, 0) is 0 Å². The Balaban J connectivity index is 2.49. The molecule has 0 unspecified atom stereocenters. The lowest BCUT2D eigenvalue weighted by atomic mass is 10.1. The standard InChI is InChI=1S/C12H10N4/c1-14-12-9(7-13)4-5-11(16-12)10-3-2-6-15-8-10/h2-6,8H,1H3,(H,14,16). The van der Waals surface area contributed by atoms with Crippen LogP contribution in [0.5, 0.6) is 0 Å². The smallest absolute Gasteiger partial charge is 0.144 e. The van der Waals surface area contributed by atoms with E-state index in [1.54, 1.807) is 25.5 Å². The van der Waals surface area contributed by atoms with Crippen LogP contribution in [0, 0.1) is 11.3 Å². The highest BCUT2D eigenvalue weighted by atomic mass is 15.0.